The molecule has 1 aliphatic rings. The highest BCUT2D eigenvalue weighted by Crippen LogP contribution is 2.24. The van der Waals surface area contributed by atoms with Crippen LogP contribution in [0, 0.1) is 17.6 Å². The van der Waals surface area contributed by atoms with Crippen LogP contribution in [0.15, 0.2) is 23.1 Å². The topological polar surface area (TPSA) is 49.3 Å². The third kappa shape index (κ3) is 5.28. The molecule has 0 bridgehead atoms. The Morgan fingerprint density at radius 3 is 2.67 bits per heavy atom. The molecule has 0 atom stereocenters. The summed E-state index contributed by atoms with van der Waals surface area (Å²) >= 11 is 1.06. The summed E-state index contributed by atoms with van der Waals surface area (Å²) in [6.07, 6.45) is 3.21. The minimum absolute atomic E-state index is 0.109. The van der Waals surface area contributed by atoms with Gasteiger partial charge in [0.25, 0.3) is 0 Å². The Kier molecular flexibility index (Phi) is 5.99. The van der Waals surface area contributed by atoms with Gasteiger partial charge in [-0.3, -0.25) is 4.79 Å². The predicted molar refractivity (Wildman–Crippen MR) is 78.1 cm³/mol. The van der Waals surface area contributed by atoms with Gasteiger partial charge in [-0.2, -0.15) is 0 Å². The Bertz CT molecular complexity index is 491. The summed E-state index contributed by atoms with van der Waals surface area (Å²) < 4.78 is 26.2. The summed E-state index contributed by atoms with van der Waals surface area (Å²) in [5, 5.41) is 12.2. The fraction of sp³-hybridized carbons (Fsp3) is 0.533. The van der Waals surface area contributed by atoms with Crippen molar-refractivity contribution in [1.29, 1.82) is 0 Å². The molecule has 0 aliphatic heterocycles. The summed E-state index contributed by atoms with van der Waals surface area (Å²) in [5.41, 5.74) is 0. The minimum atomic E-state index is -0.644. The molecule has 2 N–H and O–H groups in total. The van der Waals surface area contributed by atoms with Crippen LogP contribution in [0.1, 0.15) is 25.7 Å². The lowest BCUT2D eigenvalue weighted by molar-refractivity contribution is -0.118. The van der Waals surface area contributed by atoms with E-state index < -0.39 is 11.6 Å². The van der Waals surface area contributed by atoms with Crippen molar-refractivity contribution in [3.05, 3.63) is 29.8 Å². The average molecular weight is 315 g/mol. The molecule has 1 aromatic carbocycles. The fourth-order valence-electron chi connectivity index (χ4n) is 2.39. The first-order valence-electron chi connectivity index (χ1n) is 7.07. The first kappa shape index (κ1) is 16.2. The van der Waals surface area contributed by atoms with Crippen LogP contribution in [0.2, 0.25) is 0 Å². The second-order valence-corrected chi connectivity index (χ2v) is 6.36. The summed E-state index contributed by atoms with van der Waals surface area (Å²) in [6.45, 7) is 0.595. The van der Waals surface area contributed by atoms with Gasteiger partial charge in [-0.15, -0.1) is 11.8 Å². The summed E-state index contributed by atoms with van der Waals surface area (Å²) in [7, 11) is 0. The minimum Gasteiger partial charge on any atom is -0.393 e. The van der Waals surface area contributed by atoms with E-state index in [2.05, 4.69) is 5.32 Å². The SMILES string of the molecule is O=C(CSc1ccc(F)cc1F)NCC1CCC(O)CC1. The number of hydrogen-bond acceptors (Lipinski definition) is 3. The van der Waals surface area contributed by atoms with Gasteiger partial charge in [0.1, 0.15) is 11.6 Å². The van der Waals surface area contributed by atoms with Crippen molar-refractivity contribution in [3.63, 3.8) is 0 Å². The van der Waals surface area contributed by atoms with Crippen LogP contribution in [0.3, 0.4) is 0 Å². The quantitative estimate of drug-likeness (QED) is 0.822. The molecule has 0 spiro atoms. The molecular formula is C15H19F2NO2S. The zero-order valence-corrected chi connectivity index (χ0v) is 12.5. The van der Waals surface area contributed by atoms with Crippen LogP contribution >= 0.6 is 11.8 Å². The molecule has 0 heterocycles. The summed E-state index contributed by atoms with van der Waals surface area (Å²) in [5.74, 6) is -0.910. The Morgan fingerprint density at radius 2 is 2.00 bits per heavy atom. The molecule has 1 fully saturated rings. The second kappa shape index (κ2) is 7.75. The van der Waals surface area contributed by atoms with Crippen LogP contribution in [0.25, 0.3) is 0 Å². The molecule has 0 saturated heterocycles. The molecule has 1 amide bonds. The highest BCUT2D eigenvalue weighted by Gasteiger charge is 2.19. The highest BCUT2D eigenvalue weighted by molar-refractivity contribution is 8.00. The van der Waals surface area contributed by atoms with Gasteiger partial charge >= 0.3 is 0 Å². The zero-order chi connectivity index (χ0) is 15.2. The first-order chi connectivity index (χ1) is 10.0. The Labute approximate surface area is 127 Å². The van der Waals surface area contributed by atoms with Gasteiger partial charge in [0, 0.05) is 17.5 Å². The van der Waals surface area contributed by atoms with Crippen LogP contribution in [-0.2, 0) is 4.79 Å². The maximum atomic E-state index is 13.4. The van der Waals surface area contributed by atoms with E-state index in [-0.39, 0.29) is 22.7 Å². The second-order valence-electron chi connectivity index (χ2n) is 5.34. The van der Waals surface area contributed by atoms with E-state index in [4.69, 9.17) is 0 Å². The van der Waals surface area contributed by atoms with Gasteiger partial charge in [-0.25, -0.2) is 8.78 Å². The van der Waals surface area contributed by atoms with Crippen molar-refractivity contribution in [2.75, 3.05) is 12.3 Å². The molecular weight excluding hydrogens is 296 g/mol. The van der Waals surface area contributed by atoms with Crippen molar-refractivity contribution >= 4 is 17.7 Å². The molecule has 1 aromatic rings. The third-order valence-corrected chi connectivity index (χ3v) is 4.71. The van der Waals surface area contributed by atoms with E-state index >= 15 is 0 Å². The third-order valence-electron chi connectivity index (χ3n) is 3.66. The molecule has 1 aliphatic carbocycles. The molecule has 21 heavy (non-hydrogen) atoms. The number of carbonyl (C=O) groups is 1. The number of carbonyl (C=O) groups excluding carboxylic acids is 1. The molecule has 0 aromatic heterocycles. The lowest BCUT2D eigenvalue weighted by atomic mass is 9.87. The van der Waals surface area contributed by atoms with E-state index in [0.717, 1.165) is 43.5 Å². The number of hydrogen-bond donors (Lipinski definition) is 2. The van der Waals surface area contributed by atoms with Crippen molar-refractivity contribution in [1.82, 2.24) is 5.32 Å². The van der Waals surface area contributed by atoms with E-state index in [9.17, 15) is 18.7 Å². The summed E-state index contributed by atoms with van der Waals surface area (Å²) in [6, 6.07) is 3.33. The number of rotatable bonds is 5. The van der Waals surface area contributed by atoms with Crippen LogP contribution in [-0.4, -0.2) is 29.4 Å². The van der Waals surface area contributed by atoms with Gasteiger partial charge in [0.05, 0.1) is 11.9 Å². The fourth-order valence-corrected chi connectivity index (χ4v) is 3.14. The predicted octanol–water partition coefficient (Wildman–Crippen LogP) is 2.72. The molecule has 1 saturated carbocycles. The van der Waals surface area contributed by atoms with Crippen LogP contribution < -0.4 is 5.32 Å². The van der Waals surface area contributed by atoms with E-state index in [1.54, 1.807) is 0 Å². The number of aliphatic hydroxyl groups is 1. The van der Waals surface area contributed by atoms with E-state index in [0.29, 0.717) is 12.5 Å². The molecule has 2 rings (SSSR count). The smallest absolute Gasteiger partial charge is 0.230 e. The molecule has 116 valence electrons. The molecule has 6 heteroatoms. The standard InChI is InChI=1S/C15H19F2NO2S/c16-11-3-6-14(13(17)7-11)21-9-15(20)18-8-10-1-4-12(19)5-2-10/h3,6-7,10,12,19H,1-2,4-5,8-9H2,(H,18,20). The van der Waals surface area contributed by atoms with Crippen molar-refractivity contribution in [2.45, 2.75) is 36.7 Å². The van der Waals surface area contributed by atoms with Crippen molar-refractivity contribution in [2.24, 2.45) is 5.92 Å². The first-order valence-corrected chi connectivity index (χ1v) is 8.06. The Balaban J connectivity index is 1.70. The number of nitrogens with one attached hydrogen (secondary N) is 1. The molecule has 0 radical (unpaired) electrons. The van der Waals surface area contributed by atoms with Crippen molar-refractivity contribution < 1.29 is 18.7 Å². The zero-order valence-electron chi connectivity index (χ0n) is 11.6. The lowest BCUT2D eigenvalue weighted by Gasteiger charge is -2.25. The Morgan fingerprint density at radius 1 is 1.29 bits per heavy atom. The maximum Gasteiger partial charge on any atom is 0.230 e. The number of benzene rings is 1. The normalized spacial score (nSPS) is 22.0. The number of halogens is 2. The van der Waals surface area contributed by atoms with Gasteiger partial charge in [-0.05, 0) is 43.7 Å². The molecule has 3 nitrogen and oxygen atoms in total. The monoisotopic (exact) mass is 315 g/mol. The Hall–Kier alpha value is -1.14. The largest absolute Gasteiger partial charge is 0.393 e. The van der Waals surface area contributed by atoms with Crippen LogP contribution in [0.5, 0.6) is 0 Å². The van der Waals surface area contributed by atoms with Gasteiger partial charge in [0.15, 0.2) is 0 Å². The number of aliphatic hydroxyl groups excluding tert-OH is 1. The number of amides is 1. The van der Waals surface area contributed by atoms with Gasteiger partial charge in [-0.1, -0.05) is 0 Å². The van der Waals surface area contributed by atoms with Crippen molar-refractivity contribution in [3.8, 4) is 0 Å². The van der Waals surface area contributed by atoms with E-state index in [1.165, 1.54) is 12.1 Å². The maximum absolute atomic E-state index is 13.4. The lowest BCUT2D eigenvalue weighted by Crippen LogP contribution is -2.33. The molecule has 0 unspecified atom stereocenters. The number of thioether (sulfide) groups is 1. The van der Waals surface area contributed by atoms with Gasteiger partial charge < -0.3 is 10.4 Å². The van der Waals surface area contributed by atoms with Crippen LogP contribution in [0.4, 0.5) is 8.78 Å². The summed E-state index contributed by atoms with van der Waals surface area (Å²) in [4.78, 5) is 12.0. The highest BCUT2D eigenvalue weighted by atomic mass is 32.2. The average Bonchev–Trinajstić information content (AvgIpc) is 2.46. The van der Waals surface area contributed by atoms with Gasteiger partial charge in [0.2, 0.25) is 5.91 Å². The van der Waals surface area contributed by atoms with E-state index in [1.807, 2.05) is 0 Å².